The first-order valence-electron chi connectivity index (χ1n) is 9.69. The van der Waals surface area contributed by atoms with E-state index in [0.29, 0.717) is 23.8 Å². The molecule has 1 aliphatic heterocycles. The van der Waals surface area contributed by atoms with Crippen LogP contribution in [0.4, 0.5) is 5.69 Å². The van der Waals surface area contributed by atoms with Gasteiger partial charge in [0.2, 0.25) is 10.0 Å². The van der Waals surface area contributed by atoms with E-state index in [9.17, 15) is 21.6 Å². The fraction of sp³-hybridized carbons (Fsp3) is 0.286. The molecule has 166 valence electrons. The molecule has 0 saturated carbocycles. The molecule has 0 aromatic heterocycles. The van der Waals surface area contributed by atoms with Crippen LogP contribution in [0.15, 0.2) is 64.9 Å². The summed E-state index contributed by atoms with van der Waals surface area (Å²) in [7, 11) is -7.05. The third kappa shape index (κ3) is 5.01. The third-order valence-electron chi connectivity index (χ3n) is 5.01. The van der Waals surface area contributed by atoms with E-state index in [1.54, 1.807) is 38.1 Å². The van der Waals surface area contributed by atoms with Crippen molar-refractivity contribution in [1.82, 2.24) is 4.31 Å². The summed E-state index contributed by atoms with van der Waals surface area (Å²) in [4.78, 5) is 14.8. The first kappa shape index (κ1) is 23.5. The second kappa shape index (κ2) is 9.12. The SMILES string of the molecule is CCN(CC)S(=O)(=O)c1ccc(C(=O)N(c2ccc(Cl)cc2)[C@H]2C=CS(=O)(=O)C2)cc1. The second-order valence-corrected chi connectivity index (χ2v) is 11.3. The number of anilines is 1. The number of rotatable bonds is 7. The Kier molecular flexibility index (Phi) is 6.90. The summed E-state index contributed by atoms with van der Waals surface area (Å²) in [6.07, 6.45) is 1.47. The molecule has 0 aliphatic carbocycles. The Labute approximate surface area is 187 Å². The van der Waals surface area contributed by atoms with Crippen LogP contribution in [0.25, 0.3) is 0 Å². The van der Waals surface area contributed by atoms with Gasteiger partial charge < -0.3 is 4.90 Å². The van der Waals surface area contributed by atoms with Gasteiger partial charge in [0, 0.05) is 34.8 Å². The summed E-state index contributed by atoms with van der Waals surface area (Å²) in [5.41, 5.74) is 0.729. The Morgan fingerprint density at radius 2 is 1.61 bits per heavy atom. The minimum absolute atomic E-state index is 0.0918. The van der Waals surface area contributed by atoms with Gasteiger partial charge in [0.15, 0.2) is 9.84 Å². The number of carbonyl (C=O) groups excluding carboxylic acids is 1. The number of carbonyl (C=O) groups is 1. The zero-order valence-electron chi connectivity index (χ0n) is 17.1. The van der Waals surface area contributed by atoms with E-state index in [2.05, 4.69) is 0 Å². The maximum atomic E-state index is 13.3. The van der Waals surface area contributed by atoms with Gasteiger partial charge in [0.1, 0.15) is 0 Å². The number of sulfonamides is 1. The van der Waals surface area contributed by atoms with Crippen LogP contribution < -0.4 is 4.90 Å². The van der Waals surface area contributed by atoms with E-state index >= 15 is 0 Å². The molecule has 0 fully saturated rings. The van der Waals surface area contributed by atoms with Crippen LogP contribution in [-0.2, 0) is 19.9 Å². The number of sulfone groups is 1. The van der Waals surface area contributed by atoms with E-state index < -0.39 is 31.8 Å². The van der Waals surface area contributed by atoms with Crippen LogP contribution in [0.5, 0.6) is 0 Å². The highest BCUT2D eigenvalue weighted by Gasteiger charge is 2.32. The summed E-state index contributed by atoms with van der Waals surface area (Å²) in [6, 6.07) is 11.5. The van der Waals surface area contributed by atoms with Crippen molar-refractivity contribution in [3.8, 4) is 0 Å². The highest BCUT2D eigenvalue weighted by molar-refractivity contribution is 7.94. The lowest BCUT2D eigenvalue weighted by atomic mass is 10.1. The molecular weight excluding hydrogens is 460 g/mol. The van der Waals surface area contributed by atoms with Crippen molar-refractivity contribution >= 4 is 43.1 Å². The fourth-order valence-electron chi connectivity index (χ4n) is 3.40. The minimum atomic E-state index is -3.65. The molecule has 10 heteroatoms. The first-order chi connectivity index (χ1) is 14.6. The van der Waals surface area contributed by atoms with Crippen LogP contribution in [0.2, 0.25) is 5.02 Å². The first-order valence-corrected chi connectivity index (χ1v) is 13.2. The molecule has 2 aromatic carbocycles. The molecule has 31 heavy (non-hydrogen) atoms. The summed E-state index contributed by atoms with van der Waals surface area (Å²) < 4.78 is 50.6. The van der Waals surface area contributed by atoms with Crippen molar-refractivity contribution in [3.05, 3.63) is 70.6 Å². The number of hydrogen-bond acceptors (Lipinski definition) is 5. The van der Waals surface area contributed by atoms with Crippen molar-refractivity contribution in [2.24, 2.45) is 0 Å². The van der Waals surface area contributed by atoms with E-state index in [4.69, 9.17) is 11.6 Å². The Morgan fingerprint density at radius 1 is 1.03 bits per heavy atom. The van der Waals surface area contributed by atoms with Crippen molar-refractivity contribution < 1.29 is 21.6 Å². The zero-order valence-corrected chi connectivity index (χ0v) is 19.5. The van der Waals surface area contributed by atoms with Crippen LogP contribution in [0.3, 0.4) is 0 Å². The molecule has 1 aliphatic rings. The lowest BCUT2D eigenvalue weighted by Gasteiger charge is -2.28. The van der Waals surface area contributed by atoms with Crippen molar-refractivity contribution in [2.75, 3.05) is 23.7 Å². The smallest absolute Gasteiger partial charge is 0.258 e. The monoisotopic (exact) mass is 482 g/mol. The van der Waals surface area contributed by atoms with Gasteiger partial charge in [-0.05, 0) is 54.6 Å². The second-order valence-electron chi connectivity index (χ2n) is 6.99. The van der Waals surface area contributed by atoms with Crippen LogP contribution in [0.1, 0.15) is 24.2 Å². The molecule has 0 N–H and O–H groups in total. The maximum Gasteiger partial charge on any atom is 0.258 e. The van der Waals surface area contributed by atoms with Gasteiger partial charge in [-0.15, -0.1) is 0 Å². The molecule has 1 amide bonds. The lowest BCUT2D eigenvalue weighted by Crippen LogP contribution is -2.41. The zero-order chi connectivity index (χ0) is 22.8. The molecular formula is C21H23ClN2O5S2. The largest absolute Gasteiger partial charge is 0.300 e. The molecule has 0 radical (unpaired) electrons. The number of benzene rings is 2. The van der Waals surface area contributed by atoms with E-state index in [-0.39, 0.29) is 16.2 Å². The number of amides is 1. The molecule has 3 rings (SSSR count). The molecule has 0 saturated heterocycles. The normalized spacial score (nSPS) is 17.7. The number of nitrogens with zero attached hydrogens (tertiary/aromatic N) is 2. The molecule has 0 bridgehead atoms. The van der Waals surface area contributed by atoms with E-state index in [1.165, 1.54) is 39.5 Å². The Hall–Kier alpha value is -2.20. The summed E-state index contributed by atoms with van der Waals surface area (Å²) >= 11 is 5.95. The van der Waals surface area contributed by atoms with Gasteiger partial charge in [-0.3, -0.25) is 4.79 Å². The molecule has 0 spiro atoms. The summed E-state index contributed by atoms with van der Waals surface area (Å²) in [5.74, 6) is -0.670. The lowest BCUT2D eigenvalue weighted by molar-refractivity contribution is 0.0983. The molecule has 1 heterocycles. The highest BCUT2D eigenvalue weighted by atomic mass is 35.5. The van der Waals surface area contributed by atoms with Gasteiger partial charge >= 0.3 is 0 Å². The predicted octanol–water partition coefficient (Wildman–Crippen LogP) is 3.33. The van der Waals surface area contributed by atoms with Crippen LogP contribution in [-0.4, -0.2) is 51.9 Å². The van der Waals surface area contributed by atoms with Crippen molar-refractivity contribution in [1.29, 1.82) is 0 Å². The minimum Gasteiger partial charge on any atom is -0.300 e. The quantitative estimate of drug-likeness (QED) is 0.603. The molecule has 0 unspecified atom stereocenters. The summed E-state index contributed by atoms with van der Waals surface area (Å²) in [6.45, 7) is 4.19. The highest BCUT2D eigenvalue weighted by Crippen LogP contribution is 2.27. The predicted molar refractivity (Wildman–Crippen MR) is 122 cm³/mol. The van der Waals surface area contributed by atoms with Gasteiger partial charge in [-0.25, -0.2) is 16.8 Å². The Morgan fingerprint density at radius 3 is 2.10 bits per heavy atom. The van der Waals surface area contributed by atoms with Gasteiger partial charge in [0.25, 0.3) is 5.91 Å². The average molecular weight is 483 g/mol. The average Bonchev–Trinajstić information content (AvgIpc) is 3.09. The summed E-state index contributed by atoms with van der Waals surface area (Å²) in [5, 5.41) is 1.59. The number of hydrogen-bond donors (Lipinski definition) is 0. The van der Waals surface area contributed by atoms with E-state index in [1.807, 2.05) is 0 Å². The van der Waals surface area contributed by atoms with Crippen molar-refractivity contribution in [3.63, 3.8) is 0 Å². The van der Waals surface area contributed by atoms with Crippen molar-refractivity contribution in [2.45, 2.75) is 24.8 Å². The van der Waals surface area contributed by atoms with Crippen LogP contribution >= 0.6 is 11.6 Å². The van der Waals surface area contributed by atoms with E-state index in [0.717, 1.165) is 5.41 Å². The molecule has 1 atom stereocenters. The standard InChI is InChI=1S/C21H23ClN2O5S2/c1-3-23(4-2)31(28,29)20-11-5-16(6-12-20)21(25)24(18-9-7-17(22)8-10-18)19-13-14-30(26,27)15-19/h5-14,19H,3-4,15H2,1-2H3/t19-/m0/s1. The Balaban J connectivity index is 1.97. The number of halogens is 1. The van der Waals surface area contributed by atoms with Gasteiger partial charge in [0.05, 0.1) is 16.7 Å². The molecule has 7 nitrogen and oxygen atoms in total. The molecule has 2 aromatic rings. The Bertz CT molecular complexity index is 1190. The third-order valence-corrected chi connectivity index (χ3v) is 8.70. The van der Waals surface area contributed by atoms with Gasteiger partial charge in [-0.1, -0.05) is 25.4 Å². The topological polar surface area (TPSA) is 91.8 Å². The van der Waals surface area contributed by atoms with Gasteiger partial charge in [-0.2, -0.15) is 4.31 Å². The fourth-order valence-corrected chi connectivity index (χ4v) is 6.25. The van der Waals surface area contributed by atoms with Crippen LogP contribution in [0, 0.1) is 0 Å². The maximum absolute atomic E-state index is 13.3.